The van der Waals surface area contributed by atoms with E-state index in [-0.39, 0.29) is 79.7 Å². The van der Waals surface area contributed by atoms with Crippen LogP contribution in [0.4, 0.5) is 26.1 Å². The quantitative estimate of drug-likeness (QED) is 0.134. The summed E-state index contributed by atoms with van der Waals surface area (Å²) in [7, 11) is -3.69. The summed E-state index contributed by atoms with van der Waals surface area (Å²) < 4.78 is 69.2. The Morgan fingerprint density at radius 3 is 2.60 bits per heavy atom. The van der Waals surface area contributed by atoms with Gasteiger partial charge in [0.25, 0.3) is 0 Å². The lowest BCUT2D eigenvalue weighted by Crippen LogP contribution is -2.26. The summed E-state index contributed by atoms with van der Waals surface area (Å²) in [5, 5.41) is 15.9. The lowest BCUT2D eigenvalue weighted by atomic mass is 9.90. The van der Waals surface area contributed by atoms with Crippen molar-refractivity contribution < 1.29 is 36.5 Å². The molecule has 266 valence electrons. The van der Waals surface area contributed by atoms with E-state index in [1.807, 2.05) is 0 Å². The van der Waals surface area contributed by atoms with Crippen LogP contribution in [0.5, 0.6) is 17.5 Å². The average Bonchev–Trinajstić information content (AvgIpc) is 3.27. The second-order valence-corrected chi connectivity index (χ2v) is 15.1. The third-order valence-electron chi connectivity index (χ3n) is 8.85. The molecule has 0 amide bonds. The van der Waals surface area contributed by atoms with E-state index in [1.54, 1.807) is 18.2 Å². The fourth-order valence-electron chi connectivity index (χ4n) is 6.06. The monoisotopic (exact) mass is 750 g/mol. The third-order valence-corrected chi connectivity index (χ3v) is 10.4. The van der Waals surface area contributed by atoms with Gasteiger partial charge >= 0.3 is 12.3 Å². The fourth-order valence-corrected chi connectivity index (χ4v) is 7.09. The number of nitrogens with zero attached hydrogens (tertiary/aromatic N) is 4. The molecule has 0 saturated heterocycles. The van der Waals surface area contributed by atoms with Crippen molar-refractivity contribution in [2.24, 2.45) is 17.8 Å². The molecular weight excluding hydrogens is 717 g/mol. The number of hydrogen-bond donors (Lipinski definition) is 3. The maximum atomic E-state index is 14.2. The van der Waals surface area contributed by atoms with Gasteiger partial charge in [-0.2, -0.15) is 15.0 Å². The standard InChI is InChI=1S/C33H34Cl2F2N6O6S/c1-18-8-9-19(16-44)10-11-20(18)17-47-32-42-30(35)41-31(43-32)40-25-15-21(50(2,45)46)12-13-24(25)39-27(28-23(34)6-4-14-38-28)22-5-3-7-26-29(22)49-33(36,37)48-26/h3-7,12-15,18-20,27,39,44H,8-11,16-17H2,1-2H3,(H,40,41,42,43)/t18-,19-,20-,27+/m1/s1. The number of halogens is 4. The second-order valence-electron chi connectivity index (χ2n) is 12.4. The maximum Gasteiger partial charge on any atom is 0.586 e. The van der Waals surface area contributed by atoms with Crippen molar-refractivity contribution in [1.29, 1.82) is 0 Å². The highest BCUT2D eigenvalue weighted by molar-refractivity contribution is 7.90. The molecule has 1 fully saturated rings. The number of fused-ring (bicyclic) bond motifs is 1. The van der Waals surface area contributed by atoms with Crippen LogP contribution in [0.1, 0.15) is 49.9 Å². The Morgan fingerprint density at radius 1 is 1.04 bits per heavy atom. The topological polar surface area (TPSA) is 158 Å². The Labute approximate surface area is 297 Å². The number of pyridine rings is 1. The number of sulfone groups is 1. The number of alkyl halides is 2. The highest BCUT2D eigenvalue weighted by Gasteiger charge is 2.45. The normalized spacial score (nSPS) is 20.5. The molecule has 2 aromatic carbocycles. The summed E-state index contributed by atoms with van der Waals surface area (Å²) in [5.74, 6) is 0.393. The first kappa shape index (κ1) is 35.8. The number of hydrogen-bond acceptors (Lipinski definition) is 12. The predicted molar refractivity (Wildman–Crippen MR) is 182 cm³/mol. The zero-order valence-electron chi connectivity index (χ0n) is 26.9. The van der Waals surface area contributed by atoms with Crippen molar-refractivity contribution >= 4 is 50.4 Å². The molecule has 3 N–H and O–H groups in total. The highest BCUT2D eigenvalue weighted by Crippen LogP contribution is 2.48. The van der Waals surface area contributed by atoms with Crippen molar-refractivity contribution in [3.63, 3.8) is 0 Å². The van der Waals surface area contributed by atoms with Crippen LogP contribution >= 0.6 is 23.2 Å². The van der Waals surface area contributed by atoms with E-state index in [9.17, 15) is 22.3 Å². The lowest BCUT2D eigenvalue weighted by molar-refractivity contribution is -0.287. The summed E-state index contributed by atoms with van der Waals surface area (Å²) >= 11 is 12.8. The minimum Gasteiger partial charge on any atom is -0.463 e. The Kier molecular flexibility index (Phi) is 10.5. The molecule has 0 radical (unpaired) electrons. The first-order valence-electron chi connectivity index (χ1n) is 15.8. The van der Waals surface area contributed by atoms with Crippen LogP contribution in [0.15, 0.2) is 59.6 Å². The minimum atomic E-state index is -3.89. The molecular formula is C33H34Cl2F2N6O6S. The molecule has 1 aliphatic carbocycles. The van der Waals surface area contributed by atoms with Crippen molar-refractivity contribution in [1.82, 2.24) is 19.9 Å². The van der Waals surface area contributed by atoms with Crippen molar-refractivity contribution in [3.8, 4) is 17.5 Å². The summed E-state index contributed by atoms with van der Waals surface area (Å²) in [6.07, 6.45) is 2.35. The van der Waals surface area contributed by atoms with E-state index in [0.717, 1.165) is 31.9 Å². The Morgan fingerprint density at radius 2 is 1.84 bits per heavy atom. The molecule has 4 atom stereocenters. The number of nitrogens with one attached hydrogen (secondary N) is 2. The van der Waals surface area contributed by atoms with Crippen LogP contribution in [0.3, 0.4) is 0 Å². The van der Waals surface area contributed by atoms with E-state index >= 15 is 0 Å². The van der Waals surface area contributed by atoms with Crippen molar-refractivity contribution in [2.45, 2.75) is 49.8 Å². The molecule has 4 aromatic rings. The van der Waals surface area contributed by atoms with Crippen LogP contribution < -0.4 is 24.8 Å². The number of aromatic nitrogens is 4. The Hall–Kier alpha value is -4.05. The van der Waals surface area contributed by atoms with Gasteiger partial charge < -0.3 is 30.0 Å². The number of benzene rings is 2. The molecule has 1 aliphatic heterocycles. The van der Waals surface area contributed by atoms with Crippen molar-refractivity contribution in [2.75, 3.05) is 30.1 Å². The molecule has 2 aliphatic rings. The second kappa shape index (κ2) is 14.7. The summed E-state index contributed by atoms with van der Waals surface area (Å²) in [4.78, 5) is 17.1. The highest BCUT2D eigenvalue weighted by atomic mass is 35.5. The summed E-state index contributed by atoms with van der Waals surface area (Å²) in [6.45, 7) is 2.65. The largest absolute Gasteiger partial charge is 0.586 e. The fraction of sp³-hybridized carbons (Fsp3) is 0.394. The van der Waals surface area contributed by atoms with Gasteiger partial charge in [-0.15, -0.1) is 8.78 Å². The van der Waals surface area contributed by atoms with Crippen molar-refractivity contribution in [3.05, 3.63) is 76.3 Å². The number of ether oxygens (including phenoxy) is 3. The summed E-state index contributed by atoms with van der Waals surface area (Å²) in [5.41, 5.74) is 0.949. The van der Waals surface area contributed by atoms with Gasteiger partial charge in [0.2, 0.25) is 11.2 Å². The van der Waals surface area contributed by atoms with E-state index in [1.165, 1.54) is 36.5 Å². The number of anilines is 3. The Balaban J connectivity index is 1.34. The summed E-state index contributed by atoms with van der Waals surface area (Å²) in [6, 6.07) is 10.8. The van der Waals surface area contributed by atoms with Crippen LogP contribution in [0, 0.1) is 17.8 Å². The molecule has 3 heterocycles. The molecule has 17 heteroatoms. The molecule has 0 unspecified atom stereocenters. The smallest absolute Gasteiger partial charge is 0.463 e. The number of aliphatic hydroxyl groups is 1. The van der Waals surface area contributed by atoms with E-state index in [0.29, 0.717) is 12.5 Å². The SMILES string of the molecule is C[C@@H]1CC[C@@H](CO)CC[C@@H]1COc1nc(Cl)nc(Nc2cc(S(C)(=O)=O)ccc2N[C@@H](c2cccc3c2OC(F)(F)O3)c2ncccc2Cl)n1. The van der Waals surface area contributed by atoms with Gasteiger partial charge in [0.15, 0.2) is 21.3 Å². The molecule has 50 heavy (non-hydrogen) atoms. The average molecular weight is 752 g/mol. The number of para-hydroxylation sites is 1. The van der Waals surface area contributed by atoms with Crippen LogP contribution in [-0.2, 0) is 9.84 Å². The minimum absolute atomic E-state index is 0.0323. The van der Waals surface area contributed by atoms with Gasteiger partial charge in [-0.05, 0) is 91.4 Å². The van der Waals surface area contributed by atoms with Gasteiger partial charge in [-0.3, -0.25) is 4.98 Å². The zero-order chi connectivity index (χ0) is 35.6. The van der Waals surface area contributed by atoms with Gasteiger partial charge in [0.1, 0.15) is 0 Å². The van der Waals surface area contributed by atoms with E-state index in [4.69, 9.17) is 32.7 Å². The first-order valence-corrected chi connectivity index (χ1v) is 18.5. The van der Waals surface area contributed by atoms with Crippen LogP contribution in [0.25, 0.3) is 0 Å². The Bertz CT molecular complexity index is 1980. The van der Waals surface area contributed by atoms with Gasteiger partial charge in [0.05, 0.1) is 39.6 Å². The maximum absolute atomic E-state index is 14.2. The first-order chi connectivity index (χ1) is 23.8. The number of aliphatic hydroxyl groups excluding tert-OH is 1. The molecule has 2 aromatic heterocycles. The molecule has 0 bridgehead atoms. The van der Waals surface area contributed by atoms with E-state index in [2.05, 4.69) is 42.2 Å². The van der Waals surface area contributed by atoms with Gasteiger partial charge in [-0.25, -0.2) is 8.42 Å². The zero-order valence-corrected chi connectivity index (χ0v) is 29.3. The number of rotatable bonds is 11. The lowest BCUT2D eigenvalue weighted by Gasteiger charge is -2.24. The molecule has 12 nitrogen and oxygen atoms in total. The molecule has 1 saturated carbocycles. The van der Waals surface area contributed by atoms with Gasteiger partial charge in [0, 0.05) is 24.6 Å². The molecule has 0 spiro atoms. The van der Waals surface area contributed by atoms with Crippen LogP contribution in [-0.4, -0.2) is 59.2 Å². The van der Waals surface area contributed by atoms with E-state index < -0.39 is 22.2 Å². The van der Waals surface area contributed by atoms with Gasteiger partial charge in [-0.1, -0.05) is 30.7 Å². The predicted octanol–water partition coefficient (Wildman–Crippen LogP) is 7.06. The van der Waals surface area contributed by atoms with Crippen LogP contribution in [0.2, 0.25) is 10.3 Å². The molecule has 6 rings (SSSR count). The third kappa shape index (κ3) is 8.28.